The third-order valence-electron chi connectivity index (χ3n) is 11.9. The van der Waals surface area contributed by atoms with Gasteiger partial charge in [-0.25, -0.2) is 0 Å². The zero-order valence-electron chi connectivity index (χ0n) is 41.4. The zero-order valence-corrected chi connectivity index (χ0v) is 41.4. The van der Waals surface area contributed by atoms with Crippen molar-refractivity contribution in [2.24, 2.45) is 0 Å². The Morgan fingerprint density at radius 3 is 1.49 bits per heavy atom. The van der Waals surface area contributed by atoms with Crippen molar-refractivity contribution in [3.63, 3.8) is 0 Å². The standard InChI is InChI=1S/C59H62O14/c1-40(60)65-39-53-57(70-42(3)62)59(71-43(4)63)56(69-41(2)61)50(72-53)30-18-29-44-27-17-28-45(33-44)31-32-51-54(66-35-47-21-11-6-12-22-47)58(68-37-49-25-15-8-16-26-49)55(67-36-48-23-13-7-14-24-48)52(73-51)38-64-34-46-19-9-5-10-20-46/h5-29,33,50-59H,30,34-39H2,1-4H3/b29-18+/t50-,51-,52-,53-,54-,55-,56-,57-,58-,59-/m1/s1. The van der Waals surface area contributed by atoms with Gasteiger partial charge in [0.25, 0.3) is 0 Å². The third kappa shape index (κ3) is 16.8. The number of hydrogen-bond donors (Lipinski definition) is 0. The van der Waals surface area contributed by atoms with E-state index in [2.05, 4.69) is 11.8 Å². The third-order valence-corrected chi connectivity index (χ3v) is 11.9. The highest BCUT2D eigenvalue weighted by atomic mass is 16.7. The minimum absolute atomic E-state index is 0.150. The van der Waals surface area contributed by atoms with Crippen LogP contribution in [0, 0.1) is 11.8 Å². The number of benzene rings is 5. The van der Waals surface area contributed by atoms with Crippen LogP contribution in [-0.2, 0) is 93.0 Å². The van der Waals surface area contributed by atoms with Crippen molar-refractivity contribution in [2.45, 2.75) is 122 Å². The van der Waals surface area contributed by atoms with Gasteiger partial charge in [-0.15, -0.1) is 0 Å². The molecule has 0 saturated carbocycles. The maximum atomic E-state index is 12.4. The van der Waals surface area contributed by atoms with Gasteiger partial charge in [0.05, 0.1) is 33.0 Å². The highest BCUT2D eigenvalue weighted by Crippen LogP contribution is 2.33. The predicted molar refractivity (Wildman–Crippen MR) is 269 cm³/mol. The van der Waals surface area contributed by atoms with E-state index < -0.39 is 84.9 Å². The Bertz CT molecular complexity index is 2610. The second-order valence-electron chi connectivity index (χ2n) is 17.7. The Balaban J connectivity index is 1.18. The van der Waals surface area contributed by atoms with Crippen LogP contribution in [0.25, 0.3) is 6.08 Å². The number of carbonyl (C=O) groups is 4. The Morgan fingerprint density at radius 1 is 0.479 bits per heavy atom. The summed E-state index contributed by atoms with van der Waals surface area (Å²) in [6, 6.07) is 47.3. The molecule has 5 aromatic rings. The highest BCUT2D eigenvalue weighted by molar-refractivity contribution is 5.69. The first-order valence-corrected chi connectivity index (χ1v) is 24.3. The molecule has 0 spiro atoms. The van der Waals surface area contributed by atoms with Gasteiger partial charge in [-0.3, -0.25) is 19.2 Å². The van der Waals surface area contributed by atoms with Crippen molar-refractivity contribution in [1.29, 1.82) is 0 Å². The van der Waals surface area contributed by atoms with Crippen LogP contribution in [0.15, 0.2) is 152 Å². The SMILES string of the molecule is CC(=O)OC[C@H]1O[C@H](C/C=C/c2cccc(C#C[C@H]3O[C@H](COCc4ccccc4)[C@@H](OCc4ccccc4)[C@H](OCc4ccccc4)[C@@H]3OCc3ccccc3)c2)[C@@H](OC(C)=O)[C@@H](OC(C)=O)[C@@H]1OC(C)=O. The predicted octanol–water partition coefficient (Wildman–Crippen LogP) is 8.31. The molecule has 10 atom stereocenters. The Labute approximate surface area is 426 Å². The van der Waals surface area contributed by atoms with Crippen LogP contribution < -0.4 is 0 Å². The first-order valence-electron chi connectivity index (χ1n) is 24.3. The van der Waals surface area contributed by atoms with Gasteiger partial charge < -0.3 is 47.4 Å². The molecule has 5 aromatic carbocycles. The van der Waals surface area contributed by atoms with Crippen molar-refractivity contribution < 1.29 is 66.5 Å². The number of carbonyl (C=O) groups excluding carboxylic acids is 4. The summed E-state index contributed by atoms with van der Waals surface area (Å²) < 4.78 is 62.2. The molecule has 0 unspecified atom stereocenters. The summed E-state index contributed by atoms with van der Waals surface area (Å²) in [4.78, 5) is 48.8. The van der Waals surface area contributed by atoms with E-state index in [1.54, 1.807) is 0 Å². The normalized spacial score (nSPS) is 23.6. The average molecular weight is 995 g/mol. The van der Waals surface area contributed by atoms with Gasteiger partial charge in [0.2, 0.25) is 0 Å². The van der Waals surface area contributed by atoms with Gasteiger partial charge >= 0.3 is 23.9 Å². The van der Waals surface area contributed by atoms with Gasteiger partial charge in [0.15, 0.2) is 18.3 Å². The molecular weight excluding hydrogens is 933 g/mol. The fourth-order valence-corrected chi connectivity index (χ4v) is 8.63. The lowest BCUT2D eigenvalue weighted by Crippen LogP contribution is -2.62. The first kappa shape index (κ1) is 53.8. The van der Waals surface area contributed by atoms with E-state index in [4.69, 9.17) is 47.4 Å². The van der Waals surface area contributed by atoms with Crippen molar-refractivity contribution in [3.05, 3.63) is 185 Å². The largest absolute Gasteiger partial charge is 0.463 e. The molecule has 0 aromatic heterocycles. The molecule has 0 N–H and O–H groups in total. The van der Waals surface area contributed by atoms with E-state index in [1.807, 2.05) is 158 Å². The lowest BCUT2D eigenvalue weighted by molar-refractivity contribution is -0.261. The van der Waals surface area contributed by atoms with Crippen LogP contribution in [0.1, 0.15) is 67.5 Å². The van der Waals surface area contributed by atoms with Crippen LogP contribution >= 0.6 is 0 Å². The summed E-state index contributed by atoms with van der Waals surface area (Å²) in [5, 5.41) is 0. The number of rotatable bonds is 21. The molecule has 14 nitrogen and oxygen atoms in total. The topological polar surface area (TPSA) is 161 Å². The lowest BCUT2D eigenvalue weighted by Gasteiger charge is -2.45. The van der Waals surface area contributed by atoms with E-state index in [-0.39, 0.29) is 32.8 Å². The average Bonchev–Trinajstić information content (AvgIpc) is 3.38. The van der Waals surface area contributed by atoms with Crippen molar-refractivity contribution in [2.75, 3.05) is 13.2 Å². The van der Waals surface area contributed by atoms with Gasteiger partial charge in [-0.2, -0.15) is 0 Å². The molecule has 2 aliphatic heterocycles. The van der Waals surface area contributed by atoms with E-state index >= 15 is 0 Å². The highest BCUT2D eigenvalue weighted by Gasteiger charge is 2.52. The molecule has 2 saturated heterocycles. The van der Waals surface area contributed by atoms with Crippen molar-refractivity contribution in [1.82, 2.24) is 0 Å². The van der Waals surface area contributed by atoms with E-state index in [0.717, 1.165) is 27.8 Å². The Kier molecular flexibility index (Phi) is 20.5. The zero-order chi connectivity index (χ0) is 51.4. The molecule has 2 fully saturated rings. The first-order chi connectivity index (χ1) is 35.5. The molecule has 14 heteroatoms. The summed E-state index contributed by atoms with van der Waals surface area (Å²) in [5.41, 5.74) is 5.42. The maximum absolute atomic E-state index is 12.4. The van der Waals surface area contributed by atoms with Gasteiger partial charge in [-0.1, -0.05) is 157 Å². The smallest absolute Gasteiger partial charge is 0.303 e. The van der Waals surface area contributed by atoms with Gasteiger partial charge in [0.1, 0.15) is 49.3 Å². The van der Waals surface area contributed by atoms with E-state index in [1.165, 1.54) is 27.7 Å². The fourth-order valence-electron chi connectivity index (χ4n) is 8.63. The monoisotopic (exact) mass is 994 g/mol. The molecule has 0 radical (unpaired) electrons. The molecule has 7 rings (SSSR count). The second kappa shape index (κ2) is 27.8. The molecule has 2 heterocycles. The van der Waals surface area contributed by atoms with Gasteiger partial charge in [-0.05, 0) is 46.4 Å². The van der Waals surface area contributed by atoms with E-state index in [9.17, 15) is 19.2 Å². The number of esters is 4. The van der Waals surface area contributed by atoms with Crippen LogP contribution in [0.3, 0.4) is 0 Å². The van der Waals surface area contributed by atoms with Gasteiger partial charge in [0, 0.05) is 33.3 Å². The molecule has 0 amide bonds. The number of ether oxygens (including phenoxy) is 10. The molecule has 73 heavy (non-hydrogen) atoms. The summed E-state index contributed by atoms with van der Waals surface area (Å²) in [6.07, 6.45) is -5.23. The molecular formula is C59H62O14. The molecule has 0 bridgehead atoms. The van der Waals surface area contributed by atoms with Crippen LogP contribution in [0.2, 0.25) is 0 Å². The number of hydrogen-bond acceptors (Lipinski definition) is 14. The molecule has 0 aliphatic carbocycles. The minimum Gasteiger partial charge on any atom is -0.463 e. The van der Waals surface area contributed by atoms with Crippen LogP contribution in [0.5, 0.6) is 0 Å². The minimum atomic E-state index is -1.26. The van der Waals surface area contributed by atoms with Crippen molar-refractivity contribution >= 4 is 30.0 Å². The Morgan fingerprint density at radius 2 is 0.959 bits per heavy atom. The lowest BCUT2D eigenvalue weighted by atomic mass is 9.92. The summed E-state index contributed by atoms with van der Waals surface area (Å²) in [6.45, 7) is 5.88. The van der Waals surface area contributed by atoms with E-state index in [0.29, 0.717) is 18.8 Å². The molecule has 2 aliphatic rings. The second-order valence-corrected chi connectivity index (χ2v) is 17.7. The quantitative estimate of drug-likeness (QED) is 0.0392. The maximum Gasteiger partial charge on any atom is 0.303 e. The summed E-state index contributed by atoms with van der Waals surface area (Å²) >= 11 is 0. The van der Waals surface area contributed by atoms with Crippen molar-refractivity contribution in [3.8, 4) is 11.8 Å². The fraction of sp³-hybridized carbons (Fsp3) is 0.356. The Hall–Kier alpha value is -6.96. The summed E-state index contributed by atoms with van der Waals surface area (Å²) in [5.74, 6) is 4.10. The van der Waals surface area contributed by atoms with Crippen LogP contribution in [-0.4, -0.2) is 98.1 Å². The molecule has 382 valence electrons. The summed E-state index contributed by atoms with van der Waals surface area (Å²) in [7, 11) is 0. The van der Waals surface area contributed by atoms with Crippen LogP contribution in [0.4, 0.5) is 0 Å².